The van der Waals surface area contributed by atoms with E-state index >= 15 is 0 Å². The highest BCUT2D eigenvalue weighted by Crippen LogP contribution is 2.16. The van der Waals surface area contributed by atoms with Gasteiger partial charge in [0.1, 0.15) is 6.61 Å². The summed E-state index contributed by atoms with van der Waals surface area (Å²) in [5.41, 5.74) is 4.16. The van der Waals surface area contributed by atoms with E-state index in [0.717, 1.165) is 16.8 Å². The van der Waals surface area contributed by atoms with Crippen molar-refractivity contribution in [3.8, 4) is 0 Å². The van der Waals surface area contributed by atoms with Crippen molar-refractivity contribution in [3.05, 3.63) is 59.7 Å². The van der Waals surface area contributed by atoms with E-state index in [1.807, 2.05) is 44.4 Å². The Hall–Kier alpha value is -2.59. The molecule has 0 saturated carbocycles. The van der Waals surface area contributed by atoms with E-state index in [-0.39, 0.29) is 12.5 Å². The lowest BCUT2D eigenvalue weighted by Crippen LogP contribution is -2.16. The highest BCUT2D eigenvalue weighted by atomic mass is 16.5. The average molecular weight is 310 g/mol. The Morgan fingerprint density at radius 2 is 1.52 bits per heavy atom. The molecule has 0 radical (unpaired) electrons. The van der Waals surface area contributed by atoms with Gasteiger partial charge in [-0.25, -0.2) is 0 Å². The van der Waals surface area contributed by atoms with Crippen LogP contribution < -0.4 is 10.2 Å². The second-order valence-corrected chi connectivity index (χ2v) is 5.42. The summed E-state index contributed by atoms with van der Waals surface area (Å²) in [6.07, 6.45) is 4.11. The first kappa shape index (κ1) is 16.8. The fraction of sp³-hybridized carbons (Fsp3) is 0.211. The van der Waals surface area contributed by atoms with Gasteiger partial charge in [-0.3, -0.25) is 4.79 Å². The molecule has 4 nitrogen and oxygen atoms in total. The van der Waals surface area contributed by atoms with Crippen molar-refractivity contribution in [1.82, 2.24) is 0 Å². The topological polar surface area (TPSA) is 41.6 Å². The van der Waals surface area contributed by atoms with Crippen LogP contribution in [0.15, 0.2) is 48.5 Å². The van der Waals surface area contributed by atoms with Gasteiger partial charge in [-0.1, -0.05) is 36.4 Å². The second kappa shape index (κ2) is 8.15. The molecule has 0 aromatic heterocycles. The summed E-state index contributed by atoms with van der Waals surface area (Å²) < 4.78 is 4.78. The number of ether oxygens (including phenoxy) is 1. The molecule has 2 aromatic rings. The smallest absolute Gasteiger partial charge is 0.250 e. The minimum Gasteiger partial charge on any atom is -0.378 e. The van der Waals surface area contributed by atoms with Crippen molar-refractivity contribution in [2.45, 2.75) is 0 Å². The van der Waals surface area contributed by atoms with Crippen LogP contribution in [-0.2, 0) is 9.53 Å². The average Bonchev–Trinajstić information content (AvgIpc) is 2.55. The summed E-state index contributed by atoms with van der Waals surface area (Å²) in [4.78, 5) is 13.5. The first-order valence-corrected chi connectivity index (χ1v) is 7.43. The number of amides is 1. The molecule has 2 rings (SSSR count). The summed E-state index contributed by atoms with van der Waals surface area (Å²) >= 11 is 0. The molecule has 0 atom stereocenters. The molecule has 23 heavy (non-hydrogen) atoms. The fourth-order valence-electron chi connectivity index (χ4n) is 2.08. The third-order valence-corrected chi connectivity index (χ3v) is 3.35. The van der Waals surface area contributed by atoms with E-state index in [4.69, 9.17) is 4.74 Å². The SMILES string of the molecule is COCC(=O)Nc1ccc(C=Cc2ccc(N(C)C)cc2)cc1. The van der Waals surface area contributed by atoms with Gasteiger partial charge in [0, 0.05) is 32.6 Å². The minimum absolute atomic E-state index is 0.0601. The fourth-order valence-corrected chi connectivity index (χ4v) is 2.08. The zero-order chi connectivity index (χ0) is 16.7. The molecule has 0 aliphatic carbocycles. The molecule has 1 N–H and O–H groups in total. The van der Waals surface area contributed by atoms with Gasteiger partial charge in [-0.15, -0.1) is 0 Å². The van der Waals surface area contributed by atoms with Crippen molar-refractivity contribution < 1.29 is 9.53 Å². The quantitative estimate of drug-likeness (QED) is 0.830. The maximum Gasteiger partial charge on any atom is 0.250 e. The number of hydrogen-bond donors (Lipinski definition) is 1. The van der Waals surface area contributed by atoms with Crippen LogP contribution in [-0.4, -0.2) is 33.7 Å². The van der Waals surface area contributed by atoms with Crippen molar-refractivity contribution in [3.63, 3.8) is 0 Å². The molecule has 1 amide bonds. The minimum atomic E-state index is -0.156. The summed E-state index contributed by atoms with van der Waals surface area (Å²) in [6.45, 7) is 0.0601. The van der Waals surface area contributed by atoms with E-state index in [9.17, 15) is 4.79 Å². The Kier molecular flexibility index (Phi) is 5.94. The van der Waals surface area contributed by atoms with Crippen LogP contribution in [0.5, 0.6) is 0 Å². The Morgan fingerprint density at radius 1 is 1.00 bits per heavy atom. The highest BCUT2D eigenvalue weighted by molar-refractivity contribution is 5.91. The molecular formula is C19H22N2O2. The first-order valence-electron chi connectivity index (χ1n) is 7.43. The largest absolute Gasteiger partial charge is 0.378 e. The molecule has 2 aromatic carbocycles. The molecule has 0 aliphatic heterocycles. The molecule has 0 aliphatic rings. The van der Waals surface area contributed by atoms with Gasteiger partial charge >= 0.3 is 0 Å². The van der Waals surface area contributed by atoms with Gasteiger partial charge in [0.15, 0.2) is 0 Å². The Balaban J connectivity index is 1.98. The molecular weight excluding hydrogens is 288 g/mol. The second-order valence-electron chi connectivity index (χ2n) is 5.42. The van der Waals surface area contributed by atoms with E-state index < -0.39 is 0 Å². The van der Waals surface area contributed by atoms with Gasteiger partial charge in [-0.05, 0) is 35.4 Å². The predicted octanol–water partition coefficient (Wildman–Crippen LogP) is 3.51. The van der Waals surface area contributed by atoms with Gasteiger partial charge < -0.3 is 15.0 Å². The summed E-state index contributed by atoms with van der Waals surface area (Å²) in [5, 5.41) is 2.77. The Bertz CT molecular complexity index is 659. The van der Waals surface area contributed by atoms with E-state index in [1.54, 1.807) is 0 Å². The van der Waals surface area contributed by atoms with Crippen molar-refractivity contribution in [2.24, 2.45) is 0 Å². The number of anilines is 2. The first-order chi connectivity index (χ1) is 11.1. The third kappa shape index (κ3) is 5.27. The standard InChI is InChI=1S/C19H22N2O2/c1-21(2)18-12-8-16(9-13-18)5-4-15-6-10-17(11-7-15)20-19(22)14-23-3/h4-13H,14H2,1-3H3,(H,20,22). The summed E-state index contributed by atoms with van der Waals surface area (Å²) in [7, 11) is 5.55. The van der Waals surface area contributed by atoms with E-state index in [1.165, 1.54) is 12.8 Å². The summed E-state index contributed by atoms with van der Waals surface area (Å²) in [5.74, 6) is -0.156. The lowest BCUT2D eigenvalue weighted by molar-refractivity contribution is -0.119. The molecule has 0 heterocycles. The molecule has 0 unspecified atom stereocenters. The van der Waals surface area contributed by atoms with Gasteiger partial charge in [0.25, 0.3) is 0 Å². The zero-order valence-corrected chi connectivity index (χ0v) is 13.7. The van der Waals surface area contributed by atoms with Gasteiger partial charge in [0.2, 0.25) is 5.91 Å². The Morgan fingerprint density at radius 3 is 2.00 bits per heavy atom. The number of hydrogen-bond acceptors (Lipinski definition) is 3. The van der Waals surface area contributed by atoms with E-state index in [0.29, 0.717) is 0 Å². The summed E-state index contributed by atoms with van der Waals surface area (Å²) in [6, 6.07) is 16.0. The van der Waals surface area contributed by atoms with Crippen molar-refractivity contribution in [2.75, 3.05) is 38.0 Å². The number of methoxy groups -OCH3 is 1. The van der Waals surface area contributed by atoms with Crippen LogP contribution in [0.3, 0.4) is 0 Å². The molecule has 4 heteroatoms. The van der Waals surface area contributed by atoms with E-state index in [2.05, 4.69) is 40.6 Å². The molecule has 0 fully saturated rings. The number of nitrogens with zero attached hydrogens (tertiary/aromatic N) is 1. The molecule has 0 bridgehead atoms. The normalized spacial score (nSPS) is 10.7. The number of carbonyl (C=O) groups is 1. The van der Waals surface area contributed by atoms with Gasteiger partial charge in [0.05, 0.1) is 0 Å². The van der Waals surface area contributed by atoms with Crippen molar-refractivity contribution in [1.29, 1.82) is 0 Å². The number of nitrogens with one attached hydrogen (secondary N) is 1. The third-order valence-electron chi connectivity index (χ3n) is 3.35. The zero-order valence-electron chi connectivity index (χ0n) is 13.7. The van der Waals surface area contributed by atoms with Crippen LogP contribution >= 0.6 is 0 Å². The predicted molar refractivity (Wildman–Crippen MR) is 96.6 cm³/mol. The lowest BCUT2D eigenvalue weighted by atomic mass is 10.1. The van der Waals surface area contributed by atoms with Crippen LogP contribution in [0.2, 0.25) is 0 Å². The number of carbonyl (C=O) groups excluding carboxylic acids is 1. The maximum absolute atomic E-state index is 11.4. The monoisotopic (exact) mass is 310 g/mol. The lowest BCUT2D eigenvalue weighted by Gasteiger charge is -2.11. The Labute approximate surface area is 137 Å². The van der Waals surface area contributed by atoms with Crippen LogP contribution in [0.25, 0.3) is 12.2 Å². The van der Waals surface area contributed by atoms with Crippen LogP contribution in [0.1, 0.15) is 11.1 Å². The van der Waals surface area contributed by atoms with Crippen molar-refractivity contribution >= 4 is 29.4 Å². The molecule has 0 spiro atoms. The molecule has 120 valence electrons. The maximum atomic E-state index is 11.4. The highest BCUT2D eigenvalue weighted by Gasteiger charge is 2.00. The number of rotatable bonds is 6. The number of benzene rings is 2. The van der Waals surface area contributed by atoms with Crippen LogP contribution in [0.4, 0.5) is 11.4 Å². The molecule has 0 saturated heterocycles. The van der Waals surface area contributed by atoms with Gasteiger partial charge in [-0.2, -0.15) is 0 Å². The van der Waals surface area contributed by atoms with Crippen LogP contribution in [0, 0.1) is 0 Å².